The summed E-state index contributed by atoms with van der Waals surface area (Å²) in [7, 11) is 0. The minimum Gasteiger partial charge on any atom is -0.357 e. The summed E-state index contributed by atoms with van der Waals surface area (Å²) in [5.41, 5.74) is 4.95. The lowest BCUT2D eigenvalue weighted by Gasteiger charge is -2.23. The minimum atomic E-state index is -0.218. The van der Waals surface area contributed by atoms with Crippen LogP contribution in [0, 0.1) is 6.92 Å². The highest BCUT2D eigenvalue weighted by Gasteiger charge is 2.29. The molecule has 0 fully saturated rings. The van der Waals surface area contributed by atoms with Crippen molar-refractivity contribution in [2.75, 3.05) is 10.6 Å². The van der Waals surface area contributed by atoms with E-state index in [0.717, 1.165) is 47.0 Å². The van der Waals surface area contributed by atoms with Gasteiger partial charge in [0, 0.05) is 27.9 Å². The number of rotatable bonds is 6. The van der Waals surface area contributed by atoms with Crippen LogP contribution in [0.2, 0.25) is 0 Å². The fourth-order valence-corrected chi connectivity index (χ4v) is 5.69. The van der Waals surface area contributed by atoms with E-state index in [4.69, 9.17) is 0 Å². The maximum atomic E-state index is 13.1. The molecule has 0 radical (unpaired) electrons. The third kappa shape index (κ3) is 4.66. The fraction of sp³-hybridized carbons (Fsp3) is 0.222. The highest BCUT2D eigenvalue weighted by molar-refractivity contribution is 7.16. The summed E-state index contributed by atoms with van der Waals surface area (Å²) in [6.07, 6.45) is 6.20. The van der Waals surface area contributed by atoms with Crippen LogP contribution in [0.3, 0.4) is 0 Å². The third-order valence-electron chi connectivity index (χ3n) is 5.93. The van der Waals surface area contributed by atoms with Crippen LogP contribution in [0.4, 0.5) is 10.8 Å². The van der Waals surface area contributed by atoms with Gasteiger partial charge < -0.3 is 10.6 Å². The molecule has 4 aromatic rings. The van der Waals surface area contributed by atoms with Crippen LogP contribution >= 0.6 is 11.3 Å². The Bertz CT molecular complexity index is 1250. The fourth-order valence-electron chi connectivity index (χ4n) is 4.37. The molecule has 1 aliphatic carbocycles. The zero-order chi connectivity index (χ0) is 22.6. The molecule has 33 heavy (non-hydrogen) atoms. The van der Waals surface area contributed by atoms with E-state index in [-0.39, 0.29) is 11.9 Å². The van der Waals surface area contributed by atoms with E-state index in [9.17, 15) is 4.79 Å². The largest absolute Gasteiger partial charge is 0.357 e. The quantitative estimate of drug-likeness (QED) is 0.365. The second kappa shape index (κ2) is 9.55. The first-order valence-electron chi connectivity index (χ1n) is 11.3. The summed E-state index contributed by atoms with van der Waals surface area (Å²) in [6.45, 7) is 1.99. The number of nitrogens with one attached hydrogen (secondary N) is 2. The third-order valence-corrected chi connectivity index (χ3v) is 7.15. The van der Waals surface area contributed by atoms with Crippen LogP contribution in [0.15, 0.2) is 72.9 Å². The summed E-state index contributed by atoms with van der Waals surface area (Å²) >= 11 is 1.70. The number of benzene rings is 1. The Morgan fingerprint density at radius 1 is 0.970 bits per heavy atom. The number of anilines is 2. The first-order valence-corrected chi connectivity index (χ1v) is 12.1. The molecule has 0 aliphatic heterocycles. The second-order valence-corrected chi connectivity index (χ2v) is 9.38. The van der Waals surface area contributed by atoms with Crippen LogP contribution in [-0.4, -0.2) is 15.9 Å². The molecule has 0 spiro atoms. The second-order valence-electron chi connectivity index (χ2n) is 8.27. The predicted octanol–water partition coefficient (Wildman–Crippen LogP) is 6.18. The van der Waals surface area contributed by atoms with Gasteiger partial charge in [-0.1, -0.05) is 30.3 Å². The Labute approximate surface area is 197 Å². The monoisotopic (exact) mass is 454 g/mol. The molecule has 5 nitrogen and oxygen atoms in total. The van der Waals surface area contributed by atoms with Crippen molar-refractivity contribution in [1.82, 2.24) is 9.97 Å². The van der Waals surface area contributed by atoms with E-state index in [1.54, 1.807) is 11.3 Å². The van der Waals surface area contributed by atoms with E-state index < -0.39 is 0 Å². The molecule has 1 amide bonds. The Morgan fingerprint density at radius 3 is 2.58 bits per heavy atom. The van der Waals surface area contributed by atoms with Gasteiger partial charge in [0.05, 0.1) is 11.7 Å². The number of thiophene rings is 1. The molecular formula is C27H26N4OS. The van der Waals surface area contributed by atoms with Gasteiger partial charge in [0.2, 0.25) is 0 Å². The number of carbonyl (C=O) groups is 1. The maximum absolute atomic E-state index is 13.1. The number of amides is 1. The molecule has 3 aromatic heterocycles. The number of aromatic nitrogens is 2. The first kappa shape index (κ1) is 21.3. The molecule has 6 heteroatoms. The predicted molar refractivity (Wildman–Crippen MR) is 134 cm³/mol. The van der Waals surface area contributed by atoms with E-state index in [1.165, 1.54) is 16.9 Å². The topological polar surface area (TPSA) is 66.9 Å². The molecule has 0 bridgehead atoms. The Morgan fingerprint density at radius 2 is 1.79 bits per heavy atom. The number of hydrogen-bond donors (Lipinski definition) is 2. The Hall–Kier alpha value is -3.51. The van der Waals surface area contributed by atoms with Crippen LogP contribution < -0.4 is 10.6 Å². The molecule has 1 aromatic carbocycles. The van der Waals surface area contributed by atoms with Crippen molar-refractivity contribution in [2.24, 2.45) is 0 Å². The smallest absolute Gasteiger partial charge is 0.256 e. The van der Waals surface area contributed by atoms with Crippen molar-refractivity contribution < 1.29 is 4.79 Å². The standard InChI is InChI=1S/C27H26N4OS/c1-18-10-9-16-23(29-18)30-25(21-14-7-8-17-28-21)24-20-13-5-6-15-22(20)33-27(24)31-26(32)19-11-3-2-4-12-19/h2-4,7-12,14,16-17,25H,5-6,13,15H2,1H3,(H,29,30)(H,31,32)/t25-/m1/s1. The van der Waals surface area contributed by atoms with Crippen molar-refractivity contribution in [3.63, 3.8) is 0 Å². The molecule has 166 valence electrons. The maximum Gasteiger partial charge on any atom is 0.256 e. The van der Waals surface area contributed by atoms with Crippen LogP contribution in [0.1, 0.15) is 56.6 Å². The summed E-state index contributed by atoms with van der Waals surface area (Å²) in [5.74, 6) is 0.700. The van der Waals surface area contributed by atoms with Crippen molar-refractivity contribution in [3.05, 3.63) is 106 Å². The lowest BCUT2D eigenvalue weighted by Crippen LogP contribution is -2.19. The van der Waals surface area contributed by atoms with Crippen molar-refractivity contribution in [1.29, 1.82) is 0 Å². The number of fused-ring (bicyclic) bond motifs is 1. The lowest BCUT2D eigenvalue weighted by atomic mass is 9.91. The van der Waals surface area contributed by atoms with Gasteiger partial charge in [-0.25, -0.2) is 4.98 Å². The molecule has 2 N–H and O–H groups in total. The average molecular weight is 455 g/mol. The zero-order valence-corrected chi connectivity index (χ0v) is 19.4. The SMILES string of the molecule is Cc1cccc(N[C@H](c2ccccn2)c2c(NC(=O)c3ccccc3)sc3c2CCCC3)n1. The van der Waals surface area contributed by atoms with Gasteiger partial charge in [-0.2, -0.15) is 0 Å². The zero-order valence-electron chi connectivity index (χ0n) is 18.5. The van der Waals surface area contributed by atoms with Gasteiger partial charge in [-0.3, -0.25) is 9.78 Å². The van der Waals surface area contributed by atoms with Gasteiger partial charge in [0.15, 0.2) is 0 Å². The van der Waals surface area contributed by atoms with E-state index in [0.29, 0.717) is 5.56 Å². The molecule has 1 atom stereocenters. The summed E-state index contributed by atoms with van der Waals surface area (Å²) in [6, 6.07) is 21.1. The summed E-state index contributed by atoms with van der Waals surface area (Å²) in [4.78, 5) is 23.8. The normalized spacial score (nSPS) is 13.7. The first-order chi connectivity index (χ1) is 16.2. The van der Waals surface area contributed by atoms with Gasteiger partial charge in [0.1, 0.15) is 10.8 Å². The van der Waals surface area contributed by atoms with Gasteiger partial charge in [-0.15, -0.1) is 11.3 Å². The summed E-state index contributed by atoms with van der Waals surface area (Å²) < 4.78 is 0. The van der Waals surface area contributed by atoms with Crippen LogP contribution in [0.5, 0.6) is 0 Å². The van der Waals surface area contributed by atoms with Gasteiger partial charge in [-0.05, 0) is 74.6 Å². The highest BCUT2D eigenvalue weighted by Crippen LogP contribution is 2.44. The lowest BCUT2D eigenvalue weighted by molar-refractivity contribution is 0.102. The minimum absolute atomic E-state index is 0.0936. The number of pyridine rings is 2. The van der Waals surface area contributed by atoms with Gasteiger partial charge in [0.25, 0.3) is 5.91 Å². The number of carbonyl (C=O) groups excluding carboxylic acids is 1. The molecule has 0 unspecified atom stereocenters. The van der Waals surface area contributed by atoms with Crippen LogP contribution in [-0.2, 0) is 12.8 Å². The van der Waals surface area contributed by atoms with E-state index in [1.807, 2.05) is 79.9 Å². The van der Waals surface area contributed by atoms with E-state index >= 15 is 0 Å². The Balaban J connectivity index is 1.60. The van der Waals surface area contributed by atoms with Crippen molar-refractivity contribution in [2.45, 2.75) is 38.6 Å². The summed E-state index contributed by atoms with van der Waals surface area (Å²) in [5, 5.41) is 7.74. The Kier molecular flexibility index (Phi) is 6.17. The molecule has 0 saturated heterocycles. The molecule has 5 rings (SSSR count). The molecule has 3 heterocycles. The average Bonchev–Trinajstić information content (AvgIpc) is 3.21. The highest BCUT2D eigenvalue weighted by atomic mass is 32.1. The number of aryl methyl sites for hydroxylation is 2. The number of hydrogen-bond acceptors (Lipinski definition) is 5. The molecule has 0 saturated carbocycles. The van der Waals surface area contributed by atoms with Crippen molar-refractivity contribution in [3.8, 4) is 0 Å². The van der Waals surface area contributed by atoms with Crippen LogP contribution in [0.25, 0.3) is 0 Å². The van der Waals surface area contributed by atoms with E-state index in [2.05, 4.69) is 20.6 Å². The molecule has 1 aliphatic rings. The van der Waals surface area contributed by atoms with Crippen molar-refractivity contribution >= 4 is 28.1 Å². The van der Waals surface area contributed by atoms with Gasteiger partial charge >= 0.3 is 0 Å². The molecular weight excluding hydrogens is 428 g/mol. The number of nitrogens with zero attached hydrogens (tertiary/aromatic N) is 2.